The number of rotatable bonds is 6. The molecule has 0 bridgehead atoms. The predicted octanol–water partition coefficient (Wildman–Crippen LogP) is 2.02. The van der Waals surface area contributed by atoms with Crippen LogP contribution < -0.4 is 4.72 Å². The summed E-state index contributed by atoms with van der Waals surface area (Å²) in [6.07, 6.45) is 3.72. The molecule has 0 atom stereocenters. The monoisotopic (exact) mass is 378 g/mol. The molecule has 3 rings (SSSR count). The van der Waals surface area contributed by atoms with Gasteiger partial charge in [-0.3, -0.25) is 4.79 Å². The van der Waals surface area contributed by atoms with Crippen LogP contribution in [0.3, 0.4) is 0 Å². The van der Waals surface area contributed by atoms with Gasteiger partial charge in [0.1, 0.15) is 11.6 Å². The summed E-state index contributed by atoms with van der Waals surface area (Å²) < 4.78 is 27.3. The predicted molar refractivity (Wildman–Crippen MR) is 101 cm³/mol. The minimum absolute atomic E-state index is 0.0512. The summed E-state index contributed by atoms with van der Waals surface area (Å²) in [5, 5.41) is 0. The number of aromatic amines is 1. The van der Waals surface area contributed by atoms with Crippen LogP contribution in [-0.2, 0) is 21.4 Å². The van der Waals surface area contributed by atoms with Crippen molar-refractivity contribution >= 4 is 27.0 Å². The van der Waals surface area contributed by atoms with Crippen LogP contribution in [0.1, 0.15) is 38.4 Å². The number of benzene rings is 1. The Morgan fingerprint density at radius 2 is 1.96 bits per heavy atom. The van der Waals surface area contributed by atoms with Crippen LogP contribution in [0.15, 0.2) is 24.3 Å². The number of sulfonamides is 1. The van der Waals surface area contributed by atoms with Crippen LogP contribution in [-0.4, -0.2) is 48.0 Å². The summed E-state index contributed by atoms with van der Waals surface area (Å²) in [5.74, 6) is 0.304. The third-order valence-corrected chi connectivity index (χ3v) is 6.25. The molecule has 7 nitrogen and oxygen atoms in total. The first-order valence-corrected chi connectivity index (χ1v) is 10.7. The number of carbonyl (C=O) groups is 1. The number of carbonyl (C=O) groups excluding carboxylic acids is 1. The molecule has 2 N–H and O–H groups in total. The maximum absolute atomic E-state index is 12.3. The topological polar surface area (TPSA) is 95.2 Å². The SMILES string of the molecule is CC1CCC(NS(=O)(=O)CC(=O)N(C)Cc2nc3ccccc3[nH]2)CC1. The van der Waals surface area contributed by atoms with Crippen molar-refractivity contribution in [2.45, 2.75) is 45.2 Å². The van der Waals surface area contributed by atoms with Crippen molar-refractivity contribution in [1.82, 2.24) is 19.6 Å². The quantitative estimate of drug-likeness (QED) is 0.804. The van der Waals surface area contributed by atoms with E-state index in [-0.39, 0.29) is 12.6 Å². The number of amides is 1. The van der Waals surface area contributed by atoms with Crippen LogP contribution in [0.2, 0.25) is 0 Å². The summed E-state index contributed by atoms with van der Waals surface area (Å²) in [6, 6.07) is 7.55. The fourth-order valence-electron chi connectivity index (χ4n) is 3.34. The number of fused-ring (bicyclic) bond motifs is 1. The molecule has 1 aliphatic carbocycles. The van der Waals surface area contributed by atoms with Gasteiger partial charge in [0.15, 0.2) is 0 Å². The molecule has 1 heterocycles. The third-order valence-electron chi connectivity index (χ3n) is 4.93. The molecule has 1 saturated carbocycles. The number of para-hydroxylation sites is 2. The Morgan fingerprint density at radius 3 is 2.65 bits per heavy atom. The van der Waals surface area contributed by atoms with Gasteiger partial charge in [-0.25, -0.2) is 18.1 Å². The van der Waals surface area contributed by atoms with E-state index in [4.69, 9.17) is 0 Å². The Kier molecular flexibility index (Phi) is 5.62. The Hall–Kier alpha value is -1.93. The number of nitrogens with zero attached hydrogens (tertiary/aromatic N) is 2. The summed E-state index contributed by atoms with van der Waals surface area (Å²) in [4.78, 5) is 21.3. The zero-order chi connectivity index (χ0) is 18.7. The van der Waals surface area contributed by atoms with E-state index in [1.54, 1.807) is 7.05 Å². The van der Waals surface area contributed by atoms with E-state index in [2.05, 4.69) is 21.6 Å². The van der Waals surface area contributed by atoms with E-state index >= 15 is 0 Å². The average Bonchev–Trinajstić information content (AvgIpc) is 2.98. The van der Waals surface area contributed by atoms with E-state index in [1.807, 2.05) is 24.3 Å². The van der Waals surface area contributed by atoms with Crippen LogP contribution in [0.25, 0.3) is 11.0 Å². The smallest absolute Gasteiger partial charge is 0.239 e. The first-order chi connectivity index (χ1) is 12.3. The highest BCUT2D eigenvalue weighted by Gasteiger charge is 2.26. The molecule has 0 unspecified atom stereocenters. The minimum Gasteiger partial charge on any atom is -0.340 e. The molecule has 1 aliphatic rings. The first-order valence-electron chi connectivity index (χ1n) is 9.00. The first kappa shape index (κ1) is 18.8. The largest absolute Gasteiger partial charge is 0.340 e. The van der Waals surface area contributed by atoms with E-state index in [0.717, 1.165) is 36.7 Å². The fraction of sp³-hybridized carbons (Fsp3) is 0.556. The van der Waals surface area contributed by atoms with Crippen LogP contribution >= 0.6 is 0 Å². The standard InChI is InChI=1S/C18H26N4O3S/c1-13-7-9-14(10-8-13)21-26(24,25)12-18(23)22(2)11-17-19-15-5-3-4-6-16(15)20-17/h3-6,13-14,21H,7-12H2,1-2H3,(H,19,20). The lowest BCUT2D eigenvalue weighted by molar-refractivity contribution is -0.127. The van der Waals surface area contributed by atoms with Gasteiger partial charge >= 0.3 is 0 Å². The second-order valence-corrected chi connectivity index (χ2v) is 9.04. The van der Waals surface area contributed by atoms with E-state index < -0.39 is 21.7 Å². The Balaban J connectivity index is 1.55. The van der Waals surface area contributed by atoms with Gasteiger partial charge in [-0.05, 0) is 43.7 Å². The van der Waals surface area contributed by atoms with Crippen molar-refractivity contribution < 1.29 is 13.2 Å². The van der Waals surface area contributed by atoms with Crippen molar-refractivity contribution in [3.8, 4) is 0 Å². The molecule has 1 fully saturated rings. The van der Waals surface area contributed by atoms with Crippen molar-refractivity contribution in [2.24, 2.45) is 5.92 Å². The molecule has 0 aliphatic heterocycles. The normalized spacial score (nSPS) is 21.0. The highest BCUT2D eigenvalue weighted by Crippen LogP contribution is 2.23. The van der Waals surface area contributed by atoms with Crippen LogP contribution in [0.5, 0.6) is 0 Å². The minimum atomic E-state index is -3.63. The van der Waals surface area contributed by atoms with Gasteiger partial charge in [0.2, 0.25) is 15.9 Å². The average molecular weight is 378 g/mol. The molecular weight excluding hydrogens is 352 g/mol. The molecule has 1 aromatic heterocycles. The van der Waals surface area contributed by atoms with E-state index in [1.165, 1.54) is 4.90 Å². The summed E-state index contributed by atoms with van der Waals surface area (Å²) in [5.41, 5.74) is 1.72. The molecule has 0 radical (unpaired) electrons. The molecule has 2 aromatic rings. The zero-order valence-corrected chi connectivity index (χ0v) is 16.1. The van der Waals surface area contributed by atoms with Crippen molar-refractivity contribution in [1.29, 1.82) is 0 Å². The number of hydrogen-bond donors (Lipinski definition) is 2. The lowest BCUT2D eigenvalue weighted by atomic mass is 9.88. The Morgan fingerprint density at radius 1 is 1.27 bits per heavy atom. The van der Waals surface area contributed by atoms with E-state index in [9.17, 15) is 13.2 Å². The highest BCUT2D eigenvalue weighted by molar-refractivity contribution is 7.90. The van der Waals surface area contributed by atoms with Crippen LogP contribution in [0, 0.1) is 5.92 Å². The van der Waals surface area contributed by atoms with Gasteiger partial charge in [0.05, 0.1) is 17.6 Å². The molecule has 142 valence electrons. The summed E-state index contributed by atoms with van der Waals surface area (Å²) >= 11 is 0. The molecule has 8 heteroatoms. The van der Waals surface area contributed by atoms with Gasteiger partial charge in [0.25, 0.3) is 0 Å². The Labute approximate surface area is 154 Å². The zero-order valence-electron chi connectivity index (χ0n) is 15.2. The van der Waals surface area contributed by atoms with Gasteiger partial charge < -0.3 is 9.88 Å². The van der Waals surface area contributed by atoms with Crippen molar-refractivity contribution in [2.75, 3.05) is 12.8 Å². The second-order valence-electron chi connectivity index (χ2n) is 7.28. The molecule has 1 aromatic carbocycles. The highest BCUT2D eigenvalue weighted by atomic mass is 32.2. The fourth-order valence-corrected chi connectivity index (χ4v) is 4.71. The number of nitrogens with one attached hydrogen (secondary N) is 2. The van der Waals surface area contributed by atoms with Crippen molar-refractivity contribution in [3.63, 3.8) is 0 Å². The number of H-pyrrole nitrogens is 1. The van der Waals surface area contributed by atoms with E-state index in [0.29, 0.717) is 11.7 Å². The molecule has 0 saturated heterocycles. The maximum Gasteiger partial charge on any atom is 0.239 e. The van der Waals surface area contributed by atoms with Gasteiger partial charge in [-0.2, -0.15) is 0 Å². The van der Waals surface area contributed by atoms with Crippen LogP contribution in [0.4, 0.5) is 0 Å². The van der Waals surface area contributed by atoms with Gasteiger partial charge in [-0.15, -0.1) is 0 Å². The molecule has 1 amide bonds. The molecule has 0 spiro atoms. The number of aromatic nitrogens is 2. The van der Waals surface area contributed by atoms with Gasteiger partial charge in [0, 0.05) is 13.1 Å². The van der Waals surface area contributed by atoms with Gasteiger partial charge in [-0.1, -0.05) is 19.1 Å². The summed E-state index contributed by atoms with van der Waals surface area (Å²) in [6.45, 7) is 2.42. The number of imidazole rings is 1. The third kappa shape index (κ3) is 4.82. The number of hydrogen-bond acceptors (Lipinski definition) is 4. The maximum atomic E-state index is 12.3. The lowest BCUT2D eigenvalue weighted by Gasteiger charge is -2.27. The second kappa shape index (κ2) is 7.75. The Bertz CT molecular complexity index is 836. The summed E-state index contributed by atoms with van der Waals surface area (Å²) in [7, 11) is -2.04. The van der Waals surface area contributed by atoms with Crippen molar-refractivity contribution in [3.05, 3.63) is 30.1 Å². The lowest BCUT2D eigenvalue weighted by Crippen LogP contribution is -2.42. The molecule has 26 heavy (non-hydrogen) atoms. The molecular formula is C18H26N4O3S.